The lowest BCUT2D eigenvalue weighted by molar-refractivity contribution is -0.117. The van der Waals surface area contributed by atoms with Crippen molar-refractivity contribution in [3.8, 4) is 0 Å². The number of nitrogens with one attached hydrogen (secondary N) is 1. The van der Waals surface area contributed by atoms with E-state index in [1.165, 1.54) is 18.4 Å². The molecule has 1 fully saturated rings. The summed E-state index contributed by atoms with van der Waals surface area (Å²) in [7, 11) is 1.33. The Labute approximate surface area is 134 Å². The predicted molar refractivity (Wildman–Crippen MR) is 87.1 cm³/mol. The first kappa shape index (κ1) is 16.9. The number of likely N-dealkylation sites (tertiary alicyclic amines) is 1. The minimum Gasteiger partial charge on any atom is -0.465 e. The van der Waals surface area contributed by atoms with Gasteiger partial charge in [0.25, 0.3) is 0 Å². The summed E-state index contributed by atoms with van der Waals surface area (Å²) in [4.78, 5) is 26.3. The Kier molecular flexibility index (Phi) is 5.93. The Morgan fingerprint density at radius 1 is 1.50 bits per heavy atom. The Morgan fingerprint density at radius 2 is 2.18 bits per heavy atom. The van der Waals surface area contributed by atoms with E-state index in [9.17, 15) is 9.59 Å². The molecule has 0 aliphatic carbocycles. The minimum absolute atomic E-state index is 0.109. The molecule has 22 heavy (non-hydrogen) atoms. The topological polar surface area (TPSA) is 84.7 Å². The minimum atomic E-state index is -0.428. The molecule has 2 rings (SSSR count). The number of hydrogen-bond acceptors (Lipinski definition) is 6. The summed E-state index contributed by atoms with van der Waals surface area (Å²) in [5.41, 5.74) is 6.44. The molecule has 1 saturated heterocycles. The fraction of sp³-hybridized carbons (Fsp3) is 0.600. The Morgan fingerprint density at radius 3 is 2.77 bits per heavy atom. The molecular weight excluding hydrogens is 302 g/mol. The smallest absolute Gasteiger partial charge is 0.350 e. The van der Waals surface area contributed by atoms with Gasteiger partial charge in [-0.2, -0.15) is 0 Å². The molecule has 1 aliphatic heterocycles. The largest absolute Gasteiger partial charge is 0.465 e. The zero-order valence-corrected chi connectivity index (χ0v) is 13.8. The molecule has 3 N–H and O–H groups in total. The van der Waals surface area contributed by atoms with Crippen molar-refractivity contribution in [2.24, 2.45) is 11.7 Å². The van der Waals surface area contributed by atoms with Gasteiger partial charge in [0.2, 0.25) is 5.91 Å². The molecule has 1 atom stereocenters. The van der Waals surface area contributed by atoms with Gasteiger partial charge < -0.3 is 15.8 Å². The van der Waals surface area contributed by atoms with Gasteiger partial charge in [-0.15, -0.1) is 11.3 Å². The number of methoxy groups -OCH3 is 1. The molecule has 1 aromatic heterocycles. The summed E-state index contributed by atoms with van der Waals surface area (Å²) in [5.74, 6) is 0.00737. The van der Waals surface area contributed by atoms with Crippen LogP contribution in [0.15, 0.2) is 11.4 Å². The van der Waals surface area contributed by atoms with Gasteiger partial charge in [0.15, 0.2) is 0 Å². The third kappa shape index (κ3) is 4.28. The van der Waals surface area contributed by atoms with E-state index < -0.39 is 5.97 Å². The maximum atomic E-state index is 12.1. The summed E-state index contributed by atoms with van der Waals surface area (Å²) < 4.78 is 4.70. The normalized spacial score (nSPS) is 18.0. The molecule has 1 unspecified atom stereocenters. The van der Waals surface area contributed by atoms with Crippen molar-refractivity contribution in [3.05, 3.63) is 16.3 Å². The SMILES string of the molecule is COC(=O)c1sccc1NC(=O)CN1CCC(C(C)N)CC1. The average Bonchev–Trinajstić information content (AvgIpc) is 2.95. The lowest BCUT2D eigenvalue weighted by Gasteiger charge is -2.33. The standard InChI is InChI=1S/C15H23N3O3S/c1-10(16)11-3-6-18(7-4-11)9-13(19)17-12-5-8-22-14(12)15(20)21-2/h5,8,10-11H,3-4,6-7,9,16H2,1-2H3,(H,17,19). The maximum absolute atomic E-state index is 12.1. The third-order valence-corrected chi connectivity index (χ3v) is 4.95. The van der Waals surface area contributed by atoms with Crippen molar-refractivity contribution in [2.45, 2.75) is 25.8 Å². The molecule has 1 aromatic rings. The molecule has 7 heteroatoms. The van der Waals surface area contributed by atoms with Crippen LogP contribution in [0.3, 0.4) is 0 Å². The van der Waals surface area contributed by atoms with Crippen molar-refractivity contribution >= 4 is 28.9 Å². The van der Waals surface area contributed by atoms with Crippen molar-refractivity contribution in [1.82, 2.24) is 4.90 Å². The van der Waals surface area contributed by atoms with Gasteiger partial charge in [0.05, 0.1) is 19.3 Å². The fourth-order valence-corrected chi connectivity index (χ4v) is 3.45. The first-order valence-electron chi connectivity index (χ1n) is 7.45. The number of hydrogen-bond donors (Lipinski definition) is 2. The van der Waals surface area contributed by atoms with Gasteiger partial charge in [0, 0.05) is 6.04 Å². The van der Waals surface area contributed by atoms with E-state index in [1.807, 2.05) is 6.92 Å². The van der Waals surface area contributed by atoms with Crippen molar-refractivity contribution in [1.29, 1.82) is 0 Å². The number of piperidine rings is 1. The van der Waals surface area contributed by atoms with Crippen LogP contribution in [0.4, 0.5) is 5.69 Å². The molecule has 2 heterocycles. The molecule has 0 bridgehead atoms. The second-order valence-electron chi connectivity index (χ2n) is 5.68. The van der Waals surface area contributed by atoms with Crippen molar-refractivity contribution < 1.29 is 14.3 Å². The highest BCUT2D eigenvalue weighted by molar-refractivity contribution is 7.12. The van der Waals surface area contributed by atoms with Gasteiger partial charge >= 0.3 is 5.97 Å². The average molecular weight is 325 g/mol. The van der Waals surface area contributed by atoms with E-state index in [0.29, 0.717) is 23.0 Å². The quantitative estimate of drug-likeness (QED) is 0.802. The van der Waals surface area contributed by atoms with Gasteiger partial charge in [-0.3, -0.25) is 9.69 Å². The Balaban J connectivity index is 1.84. The fourth-order valence-electron chi connectivity index (χ4n) is 2.69. The highest BCUT2D eigenvalue weighted by Crippen LogP contribution is 2.23. The number of esters is 1. The first-order valence-corrected chi connectivity index (χ1v) is 8.32. The number of nitrogens with zero attached hydrogens (tertiary/aromatic N) is 1. The monoisotopic (exact) mass is 325 g/mol. The molecule has 0 radical (unpaired) electrons. The van der Waals surface area contributed by atoms with Crippen LogP contribution in [0.1, 0.15) is 29.4 Å². The van der Waals surface area contributed by atoms with Gasteiger partial charge in [-0.25, -0.2) is 4.79 Å². The molecule has 0 aromatic carbocycles. The Hall–Kier alpha value is -1.44. The van der Waals surface area contributed by atoms with Crippen LogP contribution in [0.5, 0.6) is 0 Å². The Bertz CT molecular complexity index is 522. The third-order valence-electron chi connectivity index (χ3n) is 4.05. The summed E-state index contributed by atoms with van der Waals surface area (Å²) in [5, 5.41) is 4.55. The molecule has 6 nitrogen and oxygen atoms in total. The van der Waals surface area contributed by atoms with E-state index in [2.05, 4.69) is 10.2 Å². The highest BCUT2D eigenvalue weighted by atomic mass is 32.1. The van der Waals surface area contributed by atoms with Crippen LogP contribution in [-0.4, -0.2) is 49.6 Å². The second-order valence-corrected chi connectivity index (χ2v) is 6.59. The number of thiophene rings is 1. The number of anilines is 1. The second kappa shape index (κ2) is 7.71. The lowest BCUT2D eigenvalue weighted by atomic mass is 9.91. The maximum Gasteiger partial charge on any atom is 0.350 e. The molecule has 1 aliphatic rings. The van der Waals surface area contributed by atoms with Crippen LogP contribution in [0.25, 0.3) is 0 Å². The first-order chi connectivity index (χ1) is 10.5. The van der Waals surface area contributed by atoms with Crippen LogP contribution in [0.2, 0.25) is 0 Å². The predicted octanol–water partition coefficient (Wildman–Crippen LogP) is 1.53. The number of ether oxygens (including phenoxy) is 1. The zero-order valence-electron chi connectivity index (χ0n) is 13.0. The van der Waals surface area contributed by atoms with Gasteiger partial charge in [0.1, 0.15) is 4.88 Å². The van der Waals surface area contributed by atoms with Crippen LogP contribution in [0, 0.1) is 5.92 Å². The van der Waals surface area contributed by atoms with E-state index >= 15 is 0 Å². The number of amides is 1. The van der Waals surface area contributed by atoms with Crippen LogP contribution < -0.4 is 11.1 Å². The summed E-state index contributed by atoms with van der Waals surface area (Å²) >= 11 is 1.26. The molecule has 1 amide bonds. The highest BCUT2D eigenvalue weighted by Gasteiger charge is 2.23. The number of nitrogens with two attached hydrogens (primary N) is 1. The van der Waals surface area contributed by atoms with Crippen LogP contribution >= 0.6 is 11.3 Å². The summed E-state index contributed by atoms with van der Waals surface area (Å²) in [6.07, 6.45) is 2.05. The number of carbonyl (C=O) groups excluding carboxylic acids is 2. The molecule has 0 spiro atoms. The van der Waals surface area contributed by atoms with E-state index in [4.69, 9.17) is 10.5 Å². The molecule has 0 saturated carbocycles. The number of carbonyl (C=O) groups is 2. The number of rotatable bonds is 5. The lowest BCUT2D eigenvalue weighted by Crippen LogP contribution is -2.42. The zero-order chi connectivity index (χ0) is 16.1. The van der Waals surface area contributed by atoms with E-state index in [-0.39, 0.29) is 11.9 Å². The summed E-state index contributed by atoms with van der Waals surface area (Å²) in [6, 6.07) is 1.93. The van der Waals surface area contributed by atoms with E-state index in [0.717, 1.165) is 25.9 Å². The van der Waals surface area contributed by atoms with Crippen LogP contribution in [-0.2, 0) is 9.53 Å². The van der Waals surface area contributed by atoms with Crippen molar-refractivity contribution in [2.75, 3.05) is 32.1 Å². The van der Waals surface area contributed by atoms with Gasteiger partial charge in [-0.05, 0) is 50.2 Å². The summed E-state index contributed by atoms with van der Waals surface area (Å²) in [6.45, 7) is 4.14. The molecular formula is C15H23N3O3S. The molecule has 122 valence electrons. The van der Waals surface area contributed by atoms with Crippen molar-refractivity contribution in [3.63, 3.8) is 0 Å². The van der Waals surface area contributed by atoms with Gasteiger partial charge in [-0.1, -0.05) is 0 Å². The van der Waals surface area contributed by atoms with E-state index in [1.54, 1.807) is 11.4 Å².